The molecule has 0 saturated carbocycles. The lowest BCUT2D eigenvalue weighted by Gasteiger charge is -2.32. The summed E-state index contributed by atoms with van der Waals surface area (Å²) in [6.45, 7) is 4.32. The van der Waals surface area contributed by atoms with E-state index in [0.717, 1.165) is 16.6 Å². The van der Waals surface area contributed by atoms with Gasteiger partial charge in [-0.05, 0) is 71.1 Å². The van der Waals surface area contributed by atoms with Crippen LogP contribution < -0.4 is 14.8 Å². The predicted octanol–water partition coefficient (Wildman–Crippen LogP) is 5.98. The van der Waals surface area contributed by atoms with E-state index in [1.54, 1.807) is 48.1 Å². The van der Waals surface area contributed by atoms with Gasteiger partial charge in [-0.3, -0.25) is 9.59 Å². The van der Waals surface area contributed by atoms with Crippen LogP contribution in [0.1, 0.15) is 42.5 Å². The second kappa shape index (κ2) is 13.2. The number of carbonyl (C=O) groups excluding carboxylic acids is 2. The number of amides is 2. The van der Waals surface area contributed by atoms with Crippen molar-refractivity contribution in [2.45, 2.75) is 38.9 Å². The molecule has 1 heterocycles. The van der Waals surface area contributed by atoms with Gasteiger partial charge in [0.1, 0.15) is 29.6 Å². The Bertz CT molecular complexity index is 1680. The predicted molar refractivity (Wildman–Crippen MR) is 166 cm³/mol. The molecule has 0 fully saturated rings. The standard InChI is InChI=1S/C34H35N5O4/c1-23(2)25-11-13-26(14-12-25)33(34(41)35-27-15-19-29(43-4)20-16-27)38(21-24-9-17-28(42-3)18-10-24)32(40)22-39-31-8-6-5-7-30(31)36-37-39/h5-20,23,33H,21-22H2,1-4H3,(H,35,41). The Balaban J connectivity index is 1.55. The molecule has 1 atom stereocenters. The Kier molecular flexibility index (Phi) is 9.00. The Hall–Kier alpha value is -5.18. The molecule has 0 radical (unpaired) electrons. The average molecular weight is 578 g/mol. The van der Waals surface area contributed by atoms with Crippen molar-refractivity contribution < 1.29 is 19.1 Å². The molecule has 5 aromatic rings. The number of ether oxygens (including phenoxy) is 2. The molecule has 1 N–H and O–H groups in total. The van der Waals surface area contributed by atoms with Gasteiger partial charge < -0.3 is 19.7 Å². The van der Waals surface area contributed by atoms with Crippen LogP contribution in [0.2, 0.25) is 0 Å². The fourth-order valence-corrected chi connectivity index (χ4v) is 4.93. The fourth-order valence-electron chi connectivity index (χ4n) is 4.93. The van der Waals surface area contributed by atoms with Crippen LogP contribution in [-0.2, 0) is 22.7 Å². The van der Waals surface area contributed by atoms with Crippen molar-refractivity contribution in [3.8, 4) is 11.5 Å². The summed E-state index contributed by atoms with van der Waals surface area (Å²) < 4.78 is 12.2. The number of nitrogens with zero attached hydrogens (tertiary/aromatic N) is 4. The smallest absolute Gasteiger partial charge is 0.251 e. The number of para-hydroxylation sites is 1. The van der Waals surface area contributed by atoms with Crippen LogP contribution in [0.15, 0.2) is 97.1 Å². The lowest BCUT2D eigenvalue weighted by molar-refractivity contribution is -0.140. The summed E-state index contributed by atoms with van der Waals surface area (Å²) in [5, 5.41) is 11.5. The van der Waals surface area contributed by atoms with Crippen molar-refractivity contribution in [2.24, 2.45) is 0 Å². The first kappa shape index (κ1) is 29.3. The normalized spacial score (nSPS) is 11.7. The minimum absolute atomic E-state index is 0.0902. The summed E-state index contributed by atoms with van der Waals surface area (Å²) in [5.74, 6) is 1.07. The molecule has 9 heteroatoms. The van der Waals surface area contributed by atoms with Crippen LogP contribution in [0.3, 0.4) is 0 Å². The number of hydrogen-bond donors (Lipinski definition) is 1. The quantitative estimate of drug-likeness (QED) is 0.207. The number of rotatable bonds is 11. The van der Waals surface area contributed by atoms with Gasteiger partial charge >= 0.3 is 0 Å². The number of benzene rings is 4. The zero-order valence-corrected chi connectivity index (χ0v) is 24.7. The van der Waals surface area contributed by atoms with Crippen molar-refractivity contribution >= 4 is 28.5 Å². The van der Waals surface area contributed by atoms with Gasteiger partial charge in [0.25, 0.3) is 5.91 Å². The van der Waals surface area contributed by atoms with Gasteiger partial charge in [-0.1, -0.05) is 67.6 Å². The average Bonchev–Trinajstić information content (AvgIpc) is 3.44. The Morgan fingerprint density at radius 3 is 2.05 bits per heavy atom. The number of methoxy groups -OCH3 is 2. The maximum atomic E-state index is 14.2. The minimum Gasteiger partial charge on any atom is -0.497 e. The number of anilines is 1. The molecule has 43 heavy (non-hydrogen) atoms. The summed E-state index contributed by atoms with van der Waals surface area (Å²) in [7, 11) is 3.19. The van der Waals surface area contributed by atoms with E-state index in [9.17, 15) is 9.59 Å². The van der Waals surface area contributed by atoms with E-state index in [-0.39, 0.29) is 24.9 Å². The van der Waals surface area contributed by atoms with Gasteiger partial charge in [0.15, 0.2) is 0 Å². The minimum atomic E-state index is -0.937. The van der Waals surface area contributed by atoms with E-state index >= 15 is 0 Å². The molecule has 5 rings (SSSR count). The molecule has 0 aliphatic carbocycles. The lowest BCUT2D eigenvalue weighted by atomic mass is 9.97. The molecule has 2 amide bonds. The molecule has 9 nitrogen and oxygen atoms in total. The second-order valence-electron chi connectivity index (χ2n) is 10.5. The monoisotopic (exact) mass is 577 g/mol. The summed E-state index contributed by atoms with van der Waals surface area (Å²) in [5.41, 5.74) is 4.70. The molecule has 220 valence electrons. The highest BCUT2D eigenvalue weighted by Gasteiger charge is 2.32. The van der Waals surface area contributed by atoms with E-state index in [0.29, 0.717) is 34.2 Å². The van der Waals surface area contributed by atoms with Crippen LogP contribution in [0.25, 0.3) is 11.0 Å². The third kappa shape index (κ3) is 6.83. The van der Waals surface area contributed by atoms with Crippen LogP contribution in [0, 0.1) is 0 Å². The number of carbonyl (C=O) groups is 2. The first-order chi connectivity index (χ1) is 20.9. The Morgan fingerprint density at radius 2 is 1.42 bits per heavy atom. The molecule has 0 saturated heterocycles. The SMILES string of the molecule is COc1ccc(CN(C(=O)Cn2nnc3ccccc32)C(C(=O)Nc2ccc(OC)cc2)c2ccc(C(C)C)cc2)cc1. The van der Waals surface area contributed by atoms with E-state index in [4.69, 9.17) is 9.47 Å². The Labute approximate surface area is 251 Å². The van der Waals surface area contributed by atoms with Crippen LogP contribution in [0.4, 0.5) is 5.69 Å². The first-order valence-corrected chi connectivity index (χ1v) is 14.1. The van der Waals surface area contributed by atoms with E-state index in [2.05, 4.69) is 29.5 Å². The highest BCUT2D eigenvalue weighted by Crippen LogP contribution is 2.29. The van der Waals surface area contributed by atoms with Gasteiger partial charge in [-0.15, -0.1) is 5.10 Å². The maximum Gasteiger partial charge on any atom is 0.251 e. The van der Waals surface area contributed by atoms with Crippen molar-refractivity contribution in [1.29, 1.82) is 0 Å². The van der Waals surface area contributed by atoms with Crippen molar-refractivity contribution in [2.75, 3.05) is 19.5 Å². The number of aromatic nitrogens is 3. The van der Waals surface area contributed by atoms with E-state index < -0.39 is 6.04 Å². The molecule has 1 aromatic heterocycles. The molecule has 0 spiro atoms. The summed E-state index contributed by atoms with van der Waals surface area (Å²) in [6.07, 6.45) is 0. The number of hydrogen-bond acceptors (Lipinski definition) is 6. The molecule has 0 bridgehead atoms. The highest BCUT2D eigenvalue weighted by atomic mass is 16.5. The van der Waals surface area contributed by atoms with Crippen molar-refractivity contribution in [1.82, 2.24) is 19.9 Å². The maximum absolute atomic E-state index is 14.2. The van der Waals surface area contributed by atoms with Crippen LogP contribution in [-0.4, -0.2) is 45.9 Å². The summed E-state index contributed by atoms with van der Waals surface area (Å²) >= 11 is 0. The van der Waals surface area contributed by atoms with Gasteiger partial charge in [0.2, 0.25) is 5.91 Å². The van der Waals surface area contributed by atoms with Crippen LogP contribution >= 0.6 is 0 Å². The highest BCUT2D eigenvalue weighted by molar-refractivity contribution is 5.98. The van der Waals surface area contributed by atoms with Gasteiger partial charge in [0, 0.05) is 12.2 Å². The second-order valence-corrected chi connectivity index (χ2v) is 10.5. The molecule has 0 aliphatic heterocycles. The number of nitrogens with one attached hydrogen (secondary N) is 1. The zero-order valence-electron chi connectivity index (χ0n) is 24.7. The van der Waals surface area contributed by atoms with Gasteiger partial charge in [0.05, 0.1) is 19.7 Å². The molecular formula is C34H35N5O4. The summed E-state index contributed by atoms with van der Waals surface area (Å²) in [4.78, 5) is 30.0. The lowest BCUT2D eigenvalue weighted by Crippen LogP contribution is -2.42. The number of fused-ring (bicyclic) bond motifs is 1. The van der Waals surface area contributed by atoms with E-state index in [1.165, 1.54) is 0 Å². The molecule has 4 aromatic carbocycles. The van der Waals surface area contributed by atoms with Gasteiger partial charge in [-0.2, -0.15) is 0 Å². The first-order valence-electron chi connectivity index (χ1n) is 14.1. The fraction of sp³-hybridized carbons (Fsp3) is 0.235. The van der Waals surface area contributed by atoms with Crippen molar-refractivity contribution in [3.63, 3.8) is 0 Å². The van der Waals surface area contributed by atoms with E-state index in [1.807, 2.05) is 72.8 Å². The molecule has 0 aliphatic rings. The van der Waals surface area contributed by atoms with Gasteiger partial charge in [-0.25, -0.2) is 4.68 Å². The topological polar surface area (TPSA) is 98.6 Å². The third-order valence-corrected chi connectivity index (χ3v) is 7.37. The molecule has 1 unspecified atom stereocenters. The molecular weight excluding hydrogens is 542 g/mol. The Morgan fingerprint density at radius 1 is 0.814 bits per heavy atom. The van der Waals surface area contributed by atoms with Crippen molar-refractivity contribution in [3.05, 3.63) is 114 Å². The largest absolute Gasteiger partial charge is 0.497 e. The summed E-state index contributed by atoms with van der Waals surface area (Å²) in [6, 6.07) is 29.0. The zero-order chi connectivity index (χ0) is 30.3. The third-order valence-electron chi connectivity index (χ3n) is 7.37. The van der Waals surface area contributed by atoms with Crippen LogP contribution in [0.5, 0.6) is 11.5 Å².